The summed E-state index contributed by atoms with van der Waals surface area (Å²) in [5.74, 6) is -1.34. The fraction of sp³-hybridized carbons (Fsp3) is 0.160. The molecule has 0 aromatic heterocycles. The quantitative estimate of drug-likeness (QED) is 0.613. The molecule has 0 saturated carbocycles. The van der Waals surface area contributed by atoms with Gasteiger partial charge in [-0.3, -0.25) is 14.4 Å². The molecule has 5 rings (SSSR count). The molecule has 2 heterocycles. The Bertz CT molecular complexity index is 1180. The Balaban J connectivity index is 1.58. The van der Waals surface area contributed by atoms with Gasteiger partial charge in [-0.25, -0.2) is 9.96 Å². The number of benzene rings is 3. The van der Waals surface area contributed by atoms with Gasteiger partial charge in [-0.1, -0.05) is 48.0 Å². The molecule has 2 aliphatic rings. The number of rotatable bonds is 3. The van der Waals surface area contributed by atoms with Crippen molar-refractivity contribution in [1.29, 1.82) is 5.26 Å². The van der Waals surface area contributed by atoms with Crippen molar-refractivity contribution in [1.82, 2.24) is 0 Å². The topological polar surface area (TPSA) is 73.6 Å². The number of amides is 2. The summed E-state index contributed by atoms with van der Waals surface area (Å²) in [6.07, 6.45) is -0.908. The molecule has 3 aromatic rings. The van der Waals surface area contributed by atoms with Crippen LogP contribution in [0, 0.1) is 24.2 Å². The Morgan fingerprint density at radius 2 is 1.52 bits per heavy atom. The Morgan fingerprint density at radius 3 is 2.16 bits per heavy atom. The van der Waals surface area contributed by atoms with Gasteiger partial charge in [0.25, 0.3) is 5.91 Å². The number of fused-ring (bicyclic) bond motifs is 1. The average Bonchev–Trinajstić information content (AvgIpc) is 3.31. The molecular weight excluding hydrogens is 390 g/mol. The van der Waals surface area contributed by atoms with E-state index in [0.29, 0.717) is 11.3 Å². The predicted octanol–water partition coefficient (Wildman–Crippen LogP) is 3.92. The molecule has 2 saturated heterocycles. The summed E-state index contributed by atoms with van der Waals surface area (Å²) in [7, 11) is 0. The fourth-order valence-corrected chi connectivity index (χ4v) is 4.26. The third-order valence-corrected chi connectivity index (χ3v) is 5.80. The van der Waals surface area contributed by atoms with Gasteiger partial charge < -0.3 is 0 Å². The largest absolute Gasteiger partial charge is 0.273 e. The van der Waals surface area contributed by atoms with Gasteiger partial charge in [0.2, 0.25) is 5.91 Å². The molecule has 0 unspecified atom stereocenters. The van der Waals surface area contributed by atoms with Crippen molar-refractivity contribution in [2.45, 2.75) is 19.1 Å². The van der Waals surface area contributed by atoms with Gasteiger partial charge in [0.05, 0.1) is 29.0 Å². The average molecular weight is 409 g/mol. The maximum absolute atomic E-state index is 13.5. The Kier molecular flexibility index (Phi) is 4.54. The van der Waals surface area contributed by atoms with Crippen LogP contribution < -0.4 is 9.96 Å². The molecule has 0 N–H and O–H groups in total. The molecule has 6 nitrogen and oxygen atoms in total. The maximum atomic E-state index is 13.5. The molecule has 31 heavy (non-hydrogen) atoms. The second-order valence-corrected chi connectivity index (χ2v) is 7.74. The zero-order chi connectivity index (χ0) is 21.5. The number of nitrogens with zero attached hydrogens (tertiary/aromatic N) is 3. The summed E-state index contributed by atoms with van der Waals surface area (Å²) in [6, 6.07) is 25.4. The third-order valence-electron chi connectivity index (χ3n) is 5.80. The van der Waals surface area contributed by atoms with Crippen LogP contribution in [-0.4, -0.2) is 17.9 Å². The van der Waals surface area contributed by atoms with Crippen molar-refractivity contribution in [3.8, 4) is 6.07 Å². The van der Waals surface area contributed by atoms with Crippen LogP contribution >= 0.6 is 0 Å². The number of hydrogen-bond donors (Lipinski definition) is 0. The minimum atomic E-state index is -0.908. The van der Waals surface area contributed by atoms with Crippen molar-refractivity contribution in [3.05, 3.63) is 95.6 Å². The van der Waals surface area contributed by atoms with E-state index in [0.717, 1.165) is 16.8 Å². The van der Waals surface area contributed by atoms with Crippen LogP contribution in [0.1, 0.15) is 22.7 Å². The number of carbonyl (C=O) groups excluding carboxylic acids is 2. The van der Waals surface area contributed by atoms with Crippen LogP contribution in [0.15, 0.2) is 78.9 Å². The standard InChI is InChI=1S/C25H19N3O3/c1-16-7-13-19(14-8-16)27-24(29)21-22(18-11-9-17(15-26)10-12-18)28(31-23(21)25(27)30)20-5-3-2-4-6-20/h2-14,21-23H,1H3/t21-,22-,23+/m1/s1. The van der Waals surface area contributed by atoms with Gasteiger partial charge in [0, 0.05) is 0 Å². The normalized spacial score (nSPS) is 22.5. The number of nitriles is 1. The van der Waals surface area contributed by atoms with E-state index >= 15 is 0 Å². The smallest absolute Gasteiger partial charge is 0.266 e. The van der Waals surface area contributed by atoms with E-state index in [9.17, 15) is 9.59 Å². The van der Waals surface area contributed by atoms with Gasteiger partial charge in [0.15, 0.2) is 6.10 Å². The molecule has 152 valence electrons. The van der Waals surface area contributed by atoms with Crippen molar-refractivity contribution < 1.29 is 14.4 Å². The number of imide groups is 1. The van der Waals surface area contributed by atoms with E-state index in [1.165, 1.54) is 4.90 Å². The van der Waals surface area contributed by atoms with E-state index in [-0.39, 0.29) is 11.8 Å². The van der Waals surface area contributed by atoms with Crippen molar-refractivity contribution >= 4 is 23.2 Å². The highest BCUT2D eigenvalue weighted by molar-refractivity contribution is 6.23. The van der Waals surface area contributed by atoms with Gasteiger partial charge >= 0.3 is 0 Å². The summed E-state index contributed by atoms with van der Waals surface area (Å²) >= 11 is 0. The van der Waals surface area contributed by atoms with Crippen molar-refractivity contribution in [2.24, 2.45) is 5.92 Å². The first kappa shape index (κ1) is 19.0. The number of carbonyl (C=O) groups is 2. The molecule has 2 amide bonds. The number of hydrogen-bond acceptors (Lipinski definition) is 5. The van der Waals surface area contributed by atoms with E-state index in [1.807, 2.05) is 61.5 Å². The number of hydroxylamine groups is 1. The summed E-state index contributed by atoms with van der Waals surface area (Å²) in [5.41, 5.74) is 3.69. The van der Waals surface area contributed by atoms with Crippen molar-refractivity contribution in [2.75, 3.05) is 9.96 Å². The van der Waals surface area contributed by atoms with E-state index in [1.54, 1.807) is 29.3 Å². The Morgan fingerprint density at radius 1 is 0.839 bits per heavy atom. The summed E-state index contributed by atoms with van der Waals surface area (Å²) in [6.45, 7) is 1.95. The van der Waals surface area contributed by atoms with Gasteiger partial charge in [-0.15, -0.1) is 0 Å². The molecule has 6 heteroatoms. The van der Waals surface area contributed by atoms with Crippen LogP contribution in [0.2, 0.25) is 0 Å². The Labute approximate surface area is 179 Å². The molecular formula is C25H19N3O3. The van der Waals surface area contributed by atoms with E-state index < -0.39 is 18.1 Å². The number of anilines is 2. The zero-order valence-electron chi connectivity index (χ0n) is 16.8. The second kappa shape index (κ2) is 7.38. The first-order valence-electron chi connectivity index (χ1n) is 10.0. The minimum Gasteiger partial charge on any atom is -0.273 e. The van der Waals surface area contributed by atoms with Gasteiger partial charge in [-0.2, -0.15) is 5.26 Å². The lowest BCUT2D eigenvalue weighted by molar-refractivity contribution is -0.126. The SMILES string of the molecule is Cc1ccc(N2C(=O)[C@H]3[C@H](ON(c4ccccc4)[C@@H]3c3ccc(C#N)cc3)C2=O)cc1. The predicted molar refractivity (Wildman–Crippen MR) is 115 cm³/mol. The van der Waals surface area contributed by atoms with Gasteiger partial charge in [0.1, 0.15) is 5.92 Å². The third kappa shape index (κ3) is 3.07. The highest BCUT2D eigenvalue weighted by Crippen LogP contribution is 2.47. The van der Waals surface area contributed by atoms with Crippen LogP contribution in [0.3, 0.4) is 0 Å². The number of aryl methyl sites for hydroxylation is 1. The van der Waals surface area contributed by atoms with Gasteiger partial charge in [-0.05, 0) is 48.9 Å². The monoisotopic (exact) mass is 409 g/mol. The lowest BCUT2D eigenvalue weighted by atomic mass is 9.90. The van der Waals surface area contributed by atoms with Crippen molar-refractivity contribution in [3.63, 3.8) is 0 Å². The zero-order valence-corrected chi connectivity index (χ0v) is 16.8. The Hall–Kier alpha value is -3.95. The number of para-hydroxylation sites is 1. The molecule has 2 aliphatic heterocycles. The molecule has 0 spiro atoms. The van der Waals surface area contributed by atoms with Crippen LogP contribution in [0.4, 0.5) is 11.4 Å². The highest BCUT2D eigenvalue weighted by atomic mass is 16.7. The van der Waals surface area contributed by atoms with E-state index in [2.05, 4.69) is 6.07 Å². The summed E-state index contributed by atoms with van der Waals surface area (Å²) < 4.78 is 0. The second-order valence-electron chi connectivity index (χ2n) is 7.74. The summed E-state index contributed by atoms with van der Waals surface area (Å²) in [4.78, 5) is 34.1. The lowest BCUT2D eigenvalue weighted by Crippen LogP contribution is -2.37. The molecule has 3 aromatic carbocycles. The van der Waals surface area contributed by atoms with E-state index in [4.69, 9.17) is 10.1 Å². The highest BCUT2D eigenvalue weighted by Gasteiger charge is 2.60. The molecule has 3 atom stereocenters. The lowest BCUT2D eigenvalue weighted by Gasteiger charge is -2.28. The fourth-order valence-electron chi connectivity index (χ4n) is 4.26. The summed E-state index contributed by atoms with van der Waals surface area (Å²) in [5, 5.41) is 10.8. The molecule has 2 fully saturated rings. The minimum absolute atomic E-state index is 0.286. The van der Waals surface area contributed by atoms with Crippen LogP contribution in [0.5, 0.6) is 0 Å². The molecule has 0 radical (unpaired) electrons. The molecule has 0 bridgehead atoms. The van der Waals surface area contributed by atoms with Crippen LogP contribution in [-0.2, 0) is 14.4 Å². The first-order chi connectivity index (χ1) is 15.1. The van der Waals surface area contributed by atoms with Crippen LogP contribution in [0.25, 0.3) is 0 Å². The molecule has 0 aliphatic carbocycles. The maximum Gasteiger partial charge on any atom is 0.266 e. The first-order valence-corrected chi connectivity index (χ1v) is 10.0.